The molecule has 0 bridgehead atoms. The maximum Gasteiger partial charge on any atom is 0.295 e. The van der Waals surface area contributed by atoms with E-state index in [9.17, 15) is 14.7 Å². The Morgan fingerprint density at radius 3 is 2.33 bits per heavy atom. The highest BCUT2D eigenvalue weighted by molar-refractivity contribution is 6.46. The van der Waals surface area contributed by atoms with Gasteiger partial charge in [0, 0.05) is 25.0 Å². The standard InChI is InChI=1S/C25H21ClN2O5/c1-32-19-13-18(26)20(33-2)12-17(19)23(29)21-22(16-6-4-3-5-7-16)28(25(31)24(21)30)14-15-8-10-27-11-9-15/h3-13,22,29H,14H2,1-2H3/b23-21+. The summed E-state index contributed by atoms with van der Waals surface area (Å²) in [6.07, 6.45) is 3.24. The zero-order valence-electron chi connectivity index (χ0n) is 18.0. The van der Waals surface area contributed by atoms with Gasteiger partial charge in [0.2, 0.25) is 0 Å². The molecule has 2 aromatic carbocycles. The summed E-state index contributed by atoms with van der Waals surface area (Å²) in [4.78, 5) is 31.8. The van der Waals surface area contributed by atoms with Crippen molar-refractivity contribution in [2.75, 3.05) is 14.2 Å². The van der Waals surface area contributed by atoms with Crippen molar-refractivity contribution in [1.82, 2.24) is 9.88 Å². The number of halogens is 1. The van der Waals surface area contributed by atoms with Crippen molar-refractivity contribution in [3.05, 3.63) is 94.3 Å². The van der Waals surface area contributed by atoms with E-state index in [-0.39, 0.29) is 34.2 Å². The predicted octanol–water partition coefficient (Wildman–Crippen LogP) is 4.37. The molecule has 0 saturated carbocycles. The van der Waals surface area contributed by atoms with Gasteiger partial charge < -0.3 is 19.5 Å². The van der Waals surface area contributed by atoms with Gasteiger partial charge >= 0.3 is 0 Å². The zero-order valence-corrected chi connectivity index (χ0v) is 18.7. The summed E-state index contributed by atoms with van der Waals surface area (Å²) in [6.45, 7) is 0.171. The molecule has 168 valence electrons. The molecule has 1 fully saturated rings. The summed E-state index contributed by atoms with van der Waals surface area (Å²) in [6, 6.07) is 14.8. The van der Waals surface area contributed by atoms with Crippen LogP contribution in [0.4, 0.5) is 0 Å². The Balaban J connectivity index is 1.91. The fourth-order valence-corrected chi connectivity index (χ4v) is 4.13. The molecule has 0 radical (unpaired) electrons. The number of methoxy groups -OCH3 is 2. The highest BCUT2D eigenvalue weighted by Crippen LogP contribution is 2.43. The van der Waals surface area contributed by atoms with Crippen LogP contribution in [0.3, 0.4) is 0 Å². The van der Waals surface area contributed by atoms with Crippen molar-refractivity contribution >= 4 is 29.1 Å². The van der Waals surface area contributed by atoms with Crippen LogP contribution in [0.2, 0.25) is 5.02 Å². The number of carbonyl (C=O) groups excluding carboxylic acids is 2. The summed E-state index contributed by atoms with van der Waals surface area (Å²) in [5.41, 5.74) is 1.65. The minimum atomic E-state index is -0.800. The van der Waals surface area contributed by atoms with Crippen molar-refractivity contribution in [3.63, 3.8) is 0 Å². The van der Waals surface area contributed by atoms with E-state index in [4.69, 9.17) is 21.1 Å². The highest BCUT2D eigenvalue weighted by Gasteiger charge is 2.46. The molecule has 1 amide bonds. The predicted molar refractivity (Wildman–Crippen MR) is 123 cm³/mol. The van der Waals surface area contributed by atoms with Crippen LogP contribution >= 0.6 is 11.6 Å². The fraction of sp³-hybridized carbons (Fsp3) is 0.160. The van der Waals surface area contributed by atoms with Gasteiger partial charge in [-0.2, -0.15) is 0 Å². The first-order valence-electron chi connectivity index (χ1n) is 10.1. The number of nitrogens with zero attached hydrogens (tertiary/aromatic N) is 2. The van der Waals surface area contributed by atoms with Gasteiger partial charge in [-0.05, 0) is 29.3 Å². The second-order valence-corrected chi connectivity index (χ2v) is 7.79. The first kappa shape index (κ1) is 22.4. The lowest BCUT2D eigenvalue weighted by atomic mass is 9.95. The number of rotatable bonds is 6. The van der Waals surface area contributed by atoms with Gasteiger partial charge in [0.05, 0.1) is 36.4 Å². The Morgan fingerprint density at radius 1 is 1.03 bits per heavy atom. The number of ketones is 1. The van der Waals surface area contributed by atoms with Gasteiger partial charge in [0.15, 0.2) is 0 Å². The number of hydrogen-bond acceptors (Lipinski definition) is 6. The summed E-state index contributed by atoms with van der Waals surface area (Å²) in [7, 11) is 2.86. The molecule has 1 atom stereocenters. The summed E-state index contributed by atoms with van der Waals surface area (Å²) in [5, 5.41) is 11.6. The number of Topliss-reactive ketones (excluding diaryl/α,β-unsaturated/α-hetero) is 1. The molecule has 8 heteroatoms. The summed E-state index contributed by atoms with van der Waals surface area (Å²) >= 11 is 6.20. The maximum absolute atomic E-state index is 13.2. The molecule has 1 saturated heterocycles. The number of amides is 1. The quantitative estimate of drug-likeness (QED) is 0.331. The molecule has 33 heavy (non-hydrogen) atoms. The number of likely N-dealkylation sites (tertiary alicyclic amines) is 1. The molecule has 1 N–H and O–H groups in total. The van der Waals surface area contributed by atoms with Crippen LogP contribution in [0, 0.1) is 0 Å². The number of hydrogen-bond donors (Lipinski definition) is 1. The number of benzene rings is 2. The van der Waals surface area contributed by atoms with Crippen LogP contribution in [-0.4, -0.2) is 40.9 Å². The van der Waals surface area contributed by atoms with Crippen molar-refractivity contribution < 1.29 is 24.2 Å². The number of pyridine rings is 1. The first-order chi connectivity index (χ1) is 16.0. The van der Waals surface area contributed by atoms with Crippen LogP contribution < -0.4 is 9.47 Å². The number of aliphatic hydroxyl groups is 1. The summed E-state index contributed by atoms with van der Waals surface area (Å²) in [5.74, 6) is -1.33. The topological polar surface area (TPSA) is 89.0 Å². The Labute approximate surface area is 195 Å². The van der Waals surface area contributed by atoms with Gasteiger partial charge in [0.1, 0.15) is 17.3 Å². The molecule has 3 aromatic rings. The van der Waals surface area contributed by atoms with Crippen LogP contribution in [0.15, 0.2) is 72.6 Å². The Kier molecular flexibility index (Phi) is 6.33. The van der Waals surface area contributed by atoms with Crippen molar-refractivity contribution in [1.29, 1.82) is 0 Å². The second kappa shape index (κ2) is 9.34. The zero-order chi connectivity index (χ0) is 23.5. The molecule has 1 aliphatic heterocycles. The lowest BCUT2D eigenvalue weighted by Crippen LogP contribution is -2.29. The molecule has 2 heterocycles. The van der Waals surface area contributed by atoms with E-state index in [1.54, 1.807) is 24.5 Å². The highest BCUT2D eigenvalue weighted by atomic mass is 35.5. The third-order valence-electron chi connectivity index (χ3n) is 5.49. The van der Waals surface area contributed by atoms with E-state index in [0.29, 0.717) is 11.3 Å². The number of aromatic nitrogens is 1. The van der Waals surface area contributed by atoms with E-state index in [0.717, 1.165) is 5.56 Å². The molecule has 0 spiro atoms. The average Bonchev–Trinajstić information content (AvgIpc) is 3.09. The van der Waals surface area contributed by atoms with Crippen molar-refractivity contribution in [2.45, 2.75) is 12.6 Å². The third-order valence-corrected chi connectivity index (χ3v) is 5.78. The minimum Gasteiger partial charge on any atom is -0.507 e. The van der Waals surface area contributed by atoms with Gasteiger partial charge in [-0.25, -0.2) is 0 Å². The number of carbonyl (C=O) groups is 2. The molecular weight excluding hydrogens is 444 g/mol. The lowest BCUT2D eigenvalue weighted by Gasteiger charge is -2.25. The molecule has 0 aliphatic carbocycles. The molecule has 1 unspecified atom stereocenters. The maximum atomic E-state index is 13.2. The fourth-order valence-electron chi connectivity index (χ4n) is 3.90. The largest absolute Gasteiger partial charge is 0.507 e. The lowest BCUT2D eigenvalue weighted by molar-refractivity contribution is -0.140. The van der Waals surface area contributed by atoms with Crippen LogP contribution in [-0.2, 0) is 16.1 Å². The molecule has 4 rings (SSSR count). The van der Waals surface area contributed by atoms with Crippen LogP contribution in [0.1, 0.15) is 22.7 Å². The summed E-state index contributed by atoms with van der Waals surface area (Å²) < 4.78 is 10.6. The van der Waals surface area contributed by atoms with Gasteiger partial charge in [-0.15, -0.1) is 0 Å². The monoisotopic (exact) mass is 464 g/mol. The molecule has 1 aliphatic rings. The third kappa shape index (κ3) is 4.15. The van der Waals surface area contributed by atoms with E-state index < -0.39 is 17.7 Å². The second-order valence-electron chi connectivity index (χ2n) is 7.38. The number of aliphatic hydroxyl groups excluding tert-OH is 1. The Hall–Kier alpha value is -3.84. The van der Waals surface area contributed by atoms with E-state index >= 15 is 0 Å². The average molecular weight is 465 g/mol. The normalized spacial score (nSPS) is 17.3. The minimum absolute atomic E-state index is 0.0390. The van der Waals surface area contributed by atoms with Crippen molar-refractivity contribution in [3.8, 4) is 11.5 Å². The van der Waals surface area contributed by atoms with Crippen molar-refractivity contribution in [2.24, 2.45) is 0 Å². The SMILES string of the molecule is COc1cc(/C(O)=C2\C(=O)C(=O)N(Cc3ccncc3)C2c2ccccc2)c(OC)cc1Cl. The Morgan fingerprint density at radius 2 is 1.70 bits per heavy atom. The van der Waals surface area contributed by atoms with Gasteiger partial charge in [-0.3, -0.25) is 14.6 Å². The molecular formula is C25H21ClN2O5. The number of ether oxygens (including phenoxy) is 2. The van der Waals surface area contributed by atoms with Crippen LogP contribution in [0.5, 0.6) is 11.5 Å². The van der Waals surface area contributed by atoms with Gasteiger partial charge in [0.25, 0.3) is 11.7 Å². The first-order valence-corrected chi connectivity index (χ1v) is 10.5. The molecule has 1 aromatic heterocycles. The smallest absolute Gasteiger partial charge is 0.295 e. The van der Waals surface area contributed by atoms with Gasteiger partial charge in [-0.1, -0.05) is 41.9 Å². The van der Waals surface area contributed by atoms with Crippen LogP contribution in [0.25, 0.3) is 5.76 Å². The van der Waals surface area contributed by atoms with E-state index in [2.05, 4.69) is 4.98 Å². The molecule has 7 nitrogen and oxygen atoms in total. The van der Waals surface area contributed by atoms with E-state index in [1.807, 2.05) is 30.3 Å². The Bertz CT molecular complexity index is 1230. The van der Waals surface area contributed by atoms with E-state index in [1.165, 1.54) is 31.3 Å².